The summed E-state index contributed by atoms with van der Waals surface area (Å²) in [5.41, 5.74) is 6.98. The normalized spacial score (nSPS) is 16.7. The van der Waals surface area contributed by atoms with Gasteiger partial charge in [-0.15, -0.1) is 0 Å². The van der Waals surface area contributed by atoms with E-state index in [-0.39, 0.29) is 0 Å². The molecule has 0 amide bonds. The summed E-state index contributed by atoms with van der Waals surface area (Å²) in [4.78, 5) is 7.17. The second-order valence-electron chi connectivity index (χ2n) is 10.3. The highest BCUT2D eigenvalue weighted by atomic mass is 79.9. The lowest BCUT2D eigenvalue weighted by Gasteiger charge is -2.30. The van der Waals surface area contributed by atoms with Gasteiger partial charge in [-0.3, -0.25) is 4.68 Å². The zero-order valence-corrected chi connectivity index (χ0v) is 23.5. The lowest BCUT2D eigenvalue weighted by Crippen LogP contribution is -2.31. The molecule has 0 spiro atoms. The third-order valence-corrected chi connectivity index (χ3v) is 8.54. The van der Waals surface area contributed by atoms with Gasteiger partial charge in [-0.1, -0.05) is 0 Å². The molecule has 3 aromatic rings. The summed E-state index contributed by atoms with van der Waals surface area (Å²) >= 11 is 3.64. The number of piperidine rings is 1. The van der Waals surface area contributed by atoms with Gasteiger partial charge < -0.3 is 14.2 Å². The Hall–Kier alpha value is -1.22. The van der Waals surface area contributed by atoms with Crippen LogP contribution in [0.2, 0.25) is 0 Å². The molecule has 0 radical (unpaired) electrons. The molecule has 6 nitrogen and oxygen atoms in total. The maximum absolute atomic E-state index is 6.01. The van der Waals surface area contributed by atoms with Gasteiger partial charge in [0, 0.05) is 45.7 Å². The molecule has 1 fully saturated rings. The molecule has 1 aliphatic rings. The summed E-state index contributed by atoms with van der Waals surface area (Å²) in [6, 6.07) is 2.67. The van der Waals surface area contributed by atoms with E-state index in [1.54, 1.807) is 0 Å². The summed E-state index contributed by atoms with van der Waals surface area (Å²) in [5.74, 6) is 1.11. The molecule has 0 N–H and O–H groups in total. The van der Waals surface area contributed by atoms with Crippen molar-refractivity contribution >= 4 is 63.7 Å². The fourth-order valence-electron chi connectivity index (χ4n) is 4.86. The van der Waals surface area contributed by atoms with Crippen LogP contribution in [0, 0.1) is 6.92 Å². The van der Waals surface area contributed by atoms with E-state index in [0.29, 0.717) is 12.8 Å². The number of likely N-dealkylation sites (tertiary alicyclic amines) is 1. The fraction of sp³-hybridized carbons (Fsp3) is 0.565. The Kier molecular flexibility index (Phi) is 7.39. The number of halogens is 1. The van der Waals surface area contributed by atoms with Gasteiger partial charge in [-0.2, -0.15) is 5.10 Å². The molecule has 4 heterocycles. The van der Waals surface area contributed by atoms with Gasteiger partial charge in [0.2, 0.25) is 0 Å². The molecule has 0 bridgehead atoms. The molecule has 10 heteroatoms. The molecule has 1 aliphatic heterocycles. The van der Waals surface area contributed by atoms with Gasteiger partial charge in [0.25, 0.3) is 0 Å². The van der Waals surface area contributed by atoms with Crippen molar-refractivity contribution in [2.75, 3.05) is 51.3 Å². The number of aryl methyl sites for hydroxylation is 1. The van der Waals surface area contributed by atoms with Crippen LogP contribution in [0.1, 0.15) is 24.6 Å². The summed E-state index contributed by atoms with van der Waals surface area (Å²) in [6.07, 6.45) is 11.7. The second kappa shape index (κ2) is 9.80. The zero-order valence-electron chi connectivity index (χ0n) is 21.1. The van der Waals surface area contributed by atoms with Crippen molar-refractivity contribution in [3.8, 4) is 11.1 Å². The van der Waals surface area contributed by atoms with Gasteiger partial charge in [0.1, 0.15) is 11.3 Å². The number of hydrogen-bond acceptors (Lipinski definition) is 4. The Morgan fingerprint density at radius 2 is 1.91 bits per heavy atom. The van der Waals surface area contributed by atoms with E-state index in [1.807, 2.05) is 4.68 Å². The average Bonchev–Trinajstić information content (AvgIpc) is 3.22. The van der Waals surface area contributed by atoms with Crippen LogP contribution >= 0.6 is 26.0 Å². The minimum atomic E-state index is -0.549. The summed E-state index contributed by atoms with van der Waals surface area (Å²) in [7, 11) is 5.94. The molecular formula is C23H36B2BrN5OS. The second-order valence-corrected chi connectivity index (χ2v) is 15.7. The van der Waals surface area contributed by atoms with Crippen molar-refractivity contribution in [2.45, 2.75) is 32.5 Å². The largest absolute Gasteiger partial charge is 0.358 e. The Balaban J connectivity index is 1.72. The third kappa shape index (κ3) is 5.39. The summed E-state index contributed by atoms with van der Waals surface area (Å²) in [6.45, 7) is 5.66. The van der Waals surface area contributed by atoms with Crippen molar-refractivity contribution in [1.82, 2.24) is 24.2 Å². The van der Waals surface area contributed by atoms with E-state index < -0.39 is 10.0 Å². The van der Waals surface area contributed by atoms with Crippen LogP contribution in [0.5, 0.6) is 0 Å². The van der Waals surface area contributed by atoms with Crippen LogP contribution in [-0.4, -0.2) is 91.2 Å². The van der Waals surface area contributed by atoms with E-state index in [2.05, 4.69) is 86.1 Å². The van der Waals surface area contributed by atoms with E-state index in [4.69, 9.17) is 14.8 Å². The molecule has 0 saturated carbocycles. The maximum atomic E-state index is 6.01. The minimum absolute atomic E-state index is 0.498. The predicted molar refractivity (Wildman–Crippen MR) is 152 cm³/mol. The van der Waals surface area contributed by atoms with Crippen molar-refractivity contribution < 1.29 is 4.74 Å². The first kappa shape index (κ1) is 24.9. The van der Waals surface area contributed by atoms with E-state index in [0.717, 1.165) is 59.8 Å². The summed E-state index contributed by atoms with van der Waals surface area (Å²) < 4.78 is 11.4. The molecule has 0 atom stereocenters. The highest BCUT2D eigenvalue weighted by Gasteiger charge is 2.25. The fourth-order valence-corrected chi connectivity index (χ4v) is 5.98. The number of nitrogens with zero attached hydrogens (tertiary/aromatic N) is 5. The van der Waals surface area contributed by atoms with Gasteiger partial charge >= 0.3 is 0 Å². The summed E-state index contributed by atoms with van der Waals surface area (Å²) in [5, 5.41) is 6.11. The van der Waals surface area contributed by atoms with Gasteiger partial charge in [-0.25, -0.2) is 15.0 Å². The molecule has 33 heavy (non-hydrogen) atoms. The first-order chi connectivity index (χ1) is 15.5. The molecule has 3 aromatic heterocycles. The zero-order chi connectivity index (χ0) is 23.9. The topological polar surface area (TPSA) is 48.1 Å². The molecule has 1 saturated heterocycles. The highest BCUT2D eigenvalue weighted by molar-refractivity contribution is 9.10. The molecular weight excluding hydrogens is 496 g/mol. The first-order valence-electron chi connectivity index (χ1n) is 11.7. The Labute approximate surface area is 209 Å². The van der Waals surface area contributed by atoms with Crippen LogP contribution in [-0.2, 0) is 11.5 Å². The molecule has 0 aromatic carbocycles. The van der Waals surface area contributed by atoms with Crippen LogP contribution in [0.15, 0.2) is 16.9 Å². The molecule has 0 aliphatic carbocycles. The van der Waals surface area contributed by atoms with E-state index in [9.17, 15) is 0 Å². The number of rotatable bonds is 7. The van der Waals surface area contributed by atoms with E-state index >= 15 is 0 Å². The Morgan fingerprint density at radius 3 is 2.58 bits per heavy atom. The van der Waals surface area contributed by atoms with Crippen LogP contribution < -0.4 is 11.2 Å². The van der Waals surface area contributed by atoms with E-state index in [1.165, 1.54) is 22.0 Å². The molecule has 178 valence electrons. The number of ether oxygens (including phenoxy) is 1. The molecule has 0 unspecified atom stereocenters. The standard InChI is InChI=1S/C23H36B2BrN5OS/c1-15-21-17(12-19(26)27-15)18(13-30(21)16-6-8-29(2)9-7-16)20-22(24)28-31(23(20)25)14-32-10-11-33(3,4)5/h12-13,16H,6-11,14,24-25H2,1-5H3. The van der Waals surface area contributed by atoms with Crippen molar-refractivity contribution in [1.29, 1.82) is 0 Å². The lowest BCUT2D eigenvalue weighted by atomic mass is 9.87. The Morgan fingerprint density at radius 1 is 1.21 bits per heavy atom. The number of hydrogen-bond donors (Lipinski definition) is 0. The van der Waals surface area contributed by atoms with Gasteiger partial charge in [0.15, 0.2) is 15.7 Å². The van der Waals surface area contributed by atoms with Crippen LogP contribution in [0.25, 0.3) is 22.0 Å². The van der Waals surface area contributed by atoms with Crippen molar-refractivity contribution in [3.05, 3.63) is 22.6 Å². The third-order valence-electron chi connectivity index (χ3n) is 6.74. The quantitative estimate of drug-likeness (QED) is 0.263. The monoisotopic (exact) mass is 531 g/mol. The molecule has 4 rings (SSSR count). The van der Waals surface area contributed by atoms with Gasteiger partial charge in [-0.05, 0) is 80.7 Å². The van der Waals surface area contributed by atoms with Crippen LogP contribution in [0.3, 0.4) is 0 Å². The first-order valence-corrected chi connectivity index (χ1v) is 15.5. The van der Waals surface area contributed by atoms with Crippen molar-refractivity contribution in [2.24, 2.45) is 0 Å². The van der Waals surface area contributed by atoms with Gasteiger partial charge in [0.05, 0.1) is 17.8 Å². The SMILES string of the molecule is Bc1nn(COCCS(C)(C)C)c(B)c1-c1cn(C2CCN(C)CC2)c2c(C)nc(Br)cc12. The highest BCUT2D eigenvalue weighted by Crippen LogP contribution is 2.36. The smallest absolute Gasteiger partial charge is 0.167 e. The average molecular weight is 532 g/mol. The minimum Gasteiger partial charge on any atom is -0.358 e. The number of aromatic nitrogens is 4. The number of fused-ring (bicyclic) bond motifs is 1. The Bertz CT molecular complexity index is 1150. The van der Waals surface area contributed by atoms with Crippen LogP contribution in [0.4, 0.5) is 0 Å². The predicted octanol–water partition coefficient (Wildman–Crippen LogP) is 1.42. The van der Waals surface area contributed by atoms with Crippen molar-refractivity contribution in [3.63, 3.8) is 0 Å². The number of pyridine rings is 1. The lowest BCUT2D eigenvalue weighted by molar-refractivity contribution is 0.0835. The maximum Gasteiger partial charge on any atom is 0.167 e.